The van der Waals surface area contributed by atoms with Crippen molar-refractivity contribution >= 4 is 22.8 Å². The van der Waals surface area contributed by atoms with Gasteiger partial charge in [-0.15, -0.1) is 0 Å². The number of carbonyl (C=O) groups excluding carboxylic acids is 2. The summed E-state index contributed by atoms with van der Waals surface area (Å²) < 4.78 is 5.53. The number of nitrogens with zero attached hydrogens (tertiary/aromatic N) is 2. The molecule has 0 N–H and O–H groups in total. The molecule has 0 spiro atoms. The Labute approximate surface area is 166 Å². The van der Waals surface area contributed by atoms with Gasteiger partial charge in [-0.05, 0) is 55.6 Å². The number of piperidine rings is 1. The van der Waals surface area contributed by atoms with Gasteiger partial charge in [-0.2, -0.15) is 0 Å². The van der Waals surface area contributed by atoms with E-state index in [1.165, 1.54) is 0 Å². The van der Waals surface area contributed by atoms with E-state index in [0.29, 0.717) is 17.4 Å². The third-order valence-corrected chi connectivity index (χ3v) is 6.05. The quantitative estimate of drug-likeness (QED) is 0.761. The van der Waals surface area contributed by atoms with Crippen LogP contribution in [0.5, 0.6) is 0 Å². The average molecular weight is 380 g/mol. The maximum absolute atomic E-state index is 13.1. The summed E-state index contributed by atoms with van der Waals surface area (Å²) in [6, 6.07) is 7.71. The Hall–Kier alpha value is -2.43. The highest BCUT2D eigenvalue weighted by molar-refractivity contribution is 6.05. The van der Waals surface area contributed by atoms with Gasteiger partial charge in [0.05, 0.1) is 11.1 Å². The van der Waals surface area contributed by atoms with Crippen LogP contribution in [-0.4, -0.2) is 41.5 Å². The number of fused-ring (bicyclic) bond motifs is 2. The van der Waals surface area contributed by atoms with Crippen LogP contribution in [0.4, 0.5) is 0 Å². The number of benzene rings is 1. The number of carbonyl (C=O) groups is 2. The molecule has 0 saturated carbocycles. The van der Waals surface area contributed by atoms with Gasteiger partial charge in [-0.1, -0.05) is 32.0 Å². The molecule has 148 valence electrons. The van der Waals surface area contributed by atoms with Crippen LogP contribution in [-0.2, 0) is 22.4 Å². The molecule has 0 radical (unpaired) electrons. The second kappa shape index (κ2) is 7.90. The lowest BCUT2D eigenvalue weighted by Gasteiger charge is -2.30. The molecule has 2 atom stereocenters. The SMILES string of the molecule is C[C@@H]1CCc2nc3ccccc3c(C(=O)OCC(=O)N3CCC[C@@H](C)C3)c2C1. The number of hydrogen-bond acceptors (Lipinski definition) is 4. The van der Waals surface area contributed by atoms with Crippen LogP contribution in [0, 0.1) is 11.8 Å². The molecule has 5 nitrogen and oxygen atoms in total. The molecule has 2 aliphatic rings. The summed E-state index contributed by atoms with van der Waals surface area (Å²) in [5.74, 6) is 0.521. The van der Waals surface area contributed by atoms with E-state index in [2.05, 4.69) is 13.8 Å². The predicted molar refractivity (Wildman–Crippen MR) is 108 cm³/mol. The molecular weight excluding hydrogens is 352 g/mol. The first-order valence-corrected chi connectivity index (χ1v) is 10.4. The third-order valence-electron chi connectivity index (χ3n) is 6.05. The lowest BCUT2D eigenvalue weighted by atomic mass is 9.84. The first-order valence-electron chi connectivity index (χ1n) is 10.4. The summed E-state index contributed by atoms with van der Waals surface area (Å²) in [5.41, 5.74) is 3.42. The van der Waals surface area contributed by atoms with Gasteiger partial charge in [-0.3, -0.25) is 9.78 Å². The number of aromatic nitrogens is 1. The first-order chi connectivity index (χ1) is 13.5. The fraction of sp³-hybridized carbons (Fsp3) is 0.522. The number of ether oxygens (including phenoxy) is 1. The van der Waals surface area contributed by atoms with Gasteiger partial charge in [0.15, 0.2) is 6.61 Å². The van der Waals surface area contributed by atoms with Gasteiger partial charge in [0, 0.05) is 24.2 Å². The van der Waals surface area contributed by atoms with Gasteiger partial charge in [0.2, 0.25) is 0 Å². The Balaban J connectivity index is 1.58. The topological polar surface area (TPSA) is 59.5 Å². The van der Waals surface area contributed by atoms with E-state index in [0.717, 1.165) is 67.4 Å². The van der Waals surface area contributed by atoms with E-state index >= 15 is 0 Å². The van der Waals surface area contributed by atoms with Crippen molar-refractivity contribution in [3.8, 4) is 0 Å². The molecular formula is C23H28N2O3. The molecule has 1 aromatic heterocycles. The molecule has 0 bridgehead atoms. The number of amides is 1. The molecule has 1 aromatic carbocycles. The second-order valence-corrected chi connectivity index (χ2v) is 8.44. The van der Waals surface area contributed by atoms with Crippen LogP contribution in [0.25, 0.3) is 10.9 Å². The van der Waals surface area contributed by atoms with Gasteiger partial charge >= 0.3 is 5.97 Å². The maximum Gasteiger partial charge on any atom is 0.339 e. The summed E-state index contributed by atoms with van der Waals surface area (Å²) in [6.07, 6.45) is 4.96. The van der Waals surface area contributed by atoms with Crippen LogP contribution in [0.3, 0.4) is 0 Å². The lowest BCUT2D eigenvalue weighted by Crippen LogP contribution is -2.41. The van der Waals surface area contributed by atoms with Crippen molar-refractivity contribution in [2.24, 2.45) is 11.8 Å². The van der Waals surface area contributed by atoms with Crippen LogP contribution >= 0.6 is 0 Å². The molecule has 5 heteroatoms. The number of rotatable bonds is 3. The van der Waals surface area contributed by atoms with E-state index in [4.69, 9.17) is 9.72 Å². The maximum atomic E-state index is 13.1. The Morgan fingerprint density at radius 3 is 2.82 bits per heavy atom. The largest absolute Gasteiger partial charge is 0.452 e. The number of esters is 1. The normalized spacial score (nSPS) is 22.0. The number of hydrogen-bond donors (Lipinski definition) is 0. The van der Waals surface area contributed by atoms with E-state index in [-0.39, 0.29) is 12.5 Å². The van der Waals surface area contributed by atoms with E-state index in [1.54, 1.807) is 0 Å². The van der Waals surface area contributed by atoms with Crippen LogP contribution < -0.4 is 0 Å². The second-order valence-electron chi connectivity index (χ2n) is 8.44. The number of likely N-dealkylation sites (tertiary alicyclic amines) is 1. The van der Waals surface area contributed by atoms with E-state index in [9.17, 15) is 9.59 Å². The van der Waals surface area contributed by atoms with Gasteiger partial charge in [0.25, 0.3) is 5.91 Å². The van der Waals surface area contributed by atoms with Crippen molar-refractivity contribution in [3.05, 3.63) is 41.1 Å². The predicted octanol–water partition coefficient (Wildman–Crippen LogP) is 3.77. The number of pyridine rings is 1. The minimum absolute atomic E-state index is 0.0968. The molecule has 1 amide bonds. The lowest BCUT2D eigenvalue weighted by molar-refractivity contribution is -0.136. The summed E-state index contributed by atoms with van der Waals surface area (Å²) >= 11 is 0. The van der Waals surface area contributed by atoms with E-state index in [1.807, 2.05) is 29.2 Å². The summed E-state index contributed by atoms with van der Waals surface area (Å²) in [7, 11) is 0. The van der Waals surface area contributed by atoms with Gasteiger partial charge < -0.3 is 9.64 Å². The first kappa shape index (κ1) is 18.9. The Bertz CT molecular complexity index is 908. The zero-order chi connectivity index (χ0) is 19.7. The van der Waals surface area contributed by atoms with Crippen LogP contribution in [0.15, 0.2) is 24.3 Å². The van der Waals surface area contributed by atoms with Crippen molar-refractivity contribution in [2.45, 2.75) is 46.0 Å². The molecule has 1 aliphatic heterocycles. The van der Waals surface area contributed by atoms with Crippen molar-refractivity contribution in [2.75, 3.05) is 19.7 Å². The zero-order valence-corrected chi connectivity index (χ0v) is 16.7. The fourth-order valence-corrected chi connectivity index (χ4v) is 4.50. The Kier molecular flexibility index (Phi) is 5.33. The molecule has 1 fully saturated rings. The molecule has 1 aliphatic carbocycles. The minimum atomic E-state index is -0.401. The molecule has 2 aromatic rings. The average Bonchev–Trinajstić information content (AvgIpc) is 2.70. The Morgan fingerprint density at radius 2 is 2.00 bits per heavy atom. The van der Waals surface area contributed by atoms with Crippen LogP contribution in [0.2, 0.25) is 0 Å². The molecule has 2 heterocycles. The monoisotopic (exact) mass is 380 g/mol. The van der Waals surface area contributed by atoms with Crippen LogP contribution in [0.1, 0.15) is 54.7 Å². The molecule has 0 unspecified atom stereocenters. The highest BCUT2D eigenvalue weighted by Crippen LogP contribution is 2.32. The molecule has 1 saturated heterocycles. The Morgan fingerprint density at radius 1 is 1.18 bits per heavy atom. The number of aryl methyl sites for hydroxylation is 1. The highest BCUT2D eigenvalue weighted by Gasteiger charge is 2.27. The number of para-hydroxylation sites is 1. The third kappa shape index (κ3) is 3.75. The smallest absolute Gasteiger partial charge is 0.339 e. The van der Waals surface area contributed by atoms with Crippen molar-refractivity contribution in [1.29, 1.82) is 0 Å². The van der Waals surface area contributed by atoms with Crippen molar-refractivity contribution < 1.29 is 14.3 Å². The standard InChI is InChI=1S/C23H28N2O3/c1-15-9-10-20-18(12-15)22(17-7-3-4-8-19(17)24-20)23(27)28-14-21(26)25-11-5-6-16(2)13-25/h3-4,7-8,15-16H,5-6,9-14H2,1-2H3/t15-,16-/m1/s1. The summed E-state index contributed by atoms with van der Waals surface area (Å²) in [6.45, 7) is 5.68. The minimum Gasteiger partial charge on any atom is -0.452 e. The summed E-state index contributed by atoms with van der Waals surface area (Å²) in [4.78, 5) is 32.2. The van der Waals surface area contributed by atoms with Crippen molar-refractivity contribution in [1.82, 2.24) is 9.88 Å². The molecule has 4 rings (SSSR count). The fourth-order valence-electron chi connectivity index (χ4n) is 4.50. The van der Waals surface area contributed by atoms with Gasteiger partial charge in [-0.25, -0.2) is 4.79 Å². The summed E-state index contributed by atoms with van der Waals surface area (Å²) in [5, 5.41) is 0.819. The highest BCUT2D eigenvalue weighted by atomic mass is 16.5. The van der Waals surface area contributed by atoms with Crippen molar-refractivity contribution in [3.63, 3.8) is 0 Å². The van der Waals surface area contributed by atoms with Gasteiger partial charge in [0.1, 0.15) is 0 Å². The van der Waals surface area contributed by atoms with E-state index < -0.39 is 5.97 Å². The zero-order valence-electron chi connectivity index (χ0n) is 16.7. The molecule has 28 heavy (non-hydrogen) atoms.